The summed E-state index contributed by atoms with van der Waals surface area (Å²) in [6.45, 7) is 2.16. The molecule has 1 rings (SSSR count). The van der Waals surface area contributed by atoms with Crippen LogP contribution in [0.15, 0.2) is 18.2 Å². The number of hydrogen-bond acceptors (Lipinski definition) is 2. The van der Waals surface area contributed by atoms with Gasteiger partial charge in [0.05, 0.1) is 14.2 Å². The van der Waals surface area contributed by atoms with Crippen molar-refractivity contribution < 1.29 is 9.47 Å². The van der Waals surface area contributed by atoms with Gasteiger partial charge in [0.25, 0.3) is 0 Å². The Bertz CT molecular complexity index is 312. The molecule has 0 aromatic heterocycles. The number of halogens is 1. The van der Waals surface area contributed by atoms with E-state index in [1.807, 2.05) is 18.2 Å². The maximum absolute atomic E-state index is 5.31. The van der Waals surface area contributed by atoms with E-state index in [-0.39, 0.29) is 0 Å². The fraction of sp³-hybridized carbons (Fsp3) is 0.500. The molecular formula is C12H17BrO2. The van der Waals surface area contributed by atoms with Crippen LogP contribution in [-0.4, -0.2) is 19.0 Å². The molecule has 1 aromatic rings. The van der Waals surface area contributed by atoms with Gasteiger partial charge in [0.2, 0.25) is 0 Å². The van der Waals surface area contributed by atoms with Gasteiger partial charge >= 0.3 is 0 Å². The summed E-state index contributed by atoms with van der Waals surface area (Å²) < 4.78 is 10.5. The van der Waals surface area contributed by atoms with Crippen LogP contribution in [0.3, 0.4) is 0 Å². The third-order valence-corrected chi connectivity index (χ3v) is 3.34. The number of ether oxygens (including phenoxy) is 2. The molecule has 3 heteroatoms. The smallest absolute Gasteiger partial charge is 0.122 e. The largest absolute Gasteiger partial charge is 0.497 e. The summed E-state index contributed by atoms with van der Waals surface area (Å²) in [7, 11) is 3.37. The molecule has 0 saturated heterocycles. The van der Waals surface area contributed by atoms with Gasteiger partial charge in [-0.2, -0.15) is 0 Å². The molecule has 0 bridgehead atoms. The highest BCUT2D eigenvalue weighted by Crippen LogP contribution is 2.27. The Kier molecular flexibility index (Phi) is 4.95. The van der Waals surface area contributed by atoms with Gasteiger partial charge < -0.3 is 9.47 Å². The summed E-state index contributed by atoms with van der Waals surface area (Å²) in [6.07, 6.45) is 2.05. The number of rotatable bonds is 5. The van der Waals surface area contributed by atoms with Crippen LogP contribution >= 0.6 is 15.9 Å². The average Bonchev–Trinajstić information content (AvgIpc) is 2.28. The zero-order valence-corrected chi connectivity index (χ0v) is 11.0. The Hall–Kier alpha value is -0.700. The monoisotopic (exact) mass is 272 g/mol. The van der Waals surface area contributed by atoms with Gasteiger partial charge in [0, 0.05) is 4.83 Å². The molecule has 0 aliphatic rings. The van der Waals surface area contributed by atoms with Crippen molar-refractivity contribution in [3.63, 3.8) is 0 Å². The first-order chi connectivity index (χ1) is 7.21. The molecule has 0 amide bonds. The lowest BCUT2D eigenvalue weighted by molar-refractivity contribution is 0.398. The van der Waals surface area contributed by atoms with Crippen LogP contribution in [0.4, 0.5) is 0 Å². The molecule has 0 aliphatic carbocycles. The third-order valence-electron chi connectivity index (χ3n) is 2.37. The first kappa shape index (κ1) is 12.4. The van der Waals surface area contributed by atoms with Gasteiger partial charge in [-0.05, 0) is 36.6 Å². The Morgan fingerprint density at radius 1 is 1.27 bits per heavy atom. The van der Waals surface area contributed by atoms with E-state index in [4.69, 9.17) is 9.47 Å². The minimum atomic E-state index is 0.485. The minimum absolute atomic E-state index is 0.485. The van der Waals surface area contributed by atoms with Gasteiger partial charge in [-0.25, -0.2) is 0 Å². The molecule has 0 saturated carbocycles. The van der Waals surface area contributed by atoms with Crippen LogP contribution in [0.25, 0.3) is 0 Å². The average molecular weight is 273 g/mol. The van der Waals surface area contributed by atoms with Gasteiger partial charge in [0.1, 0.15) is 11.5 Å². The van der Waals surface area contributed by atoms with Gasteiger partial charge in [0.15, 0.2) is 0 Å². The second-order valence-corrected chi connectivity index (χ2v) is 4.68. The summed E-state index contributed by atoms with van der Waals surface area (Å²) in [5, 5.41) is 0. The zero-order valence-electron chi connectivity index (χ0n) is 9.42. The van der Waals surface area contributed by atoms with Gasteiger partial charge in [-0.1, -0.05) is 22.9 Å². The van der Waals surface area contributed by atoms with Crippen LogP contribution < -0.4 is 9.47 Å². The molecule has 2 nitrogen and oxygen atoms in total. The van der Waals surface area contributed by atoms with E-state index < -0.39 is 0 Å². The number of hydrogen-bond donors (Lipinski definition) is 0. The predicted molar refractivity (Wildman–Crippen MR) is 66.3 cm³/mol. The SMILES string of the molecule is CCC(Br)Cc1cc(OC)ccc1OC. The van der Waals surface area contributed by atoms with Crippen LogP contribution in [0.1, 0.15) is 18.9 Å². The summed E-state index contributed by atoms with van der Waals surface area (Å²) >= 11 is 3.63. The molecular weight excluding hydrogens is 256 g/mol. The third kappa shape index (κ3) is 3.42. The highest BCUT2D eigenvalue weighted by Gasteiger charge is 2.09. The van der Waals surface area contributed by atoms with Crippen molar-refractivity contribution in [2.75, 3.05) is 14.2 Å². The number of benzene rings is 1. The van der Waals surface area contributed by atoms with E-state index in [9.17, 15) is 0 Å². The van der Waals surface area contributed by atoms with E-state index >= 15 is 0 Å². The van der Waals surface area contributed by atoms with E-state index in [1.54, 1.807) is 14.2 Å². The normalized spacial score (nSPS) is 12.3. The summed E-state index contributed by atoms with van der Waals surface area (Å²) in [5.74, 6) is 1.80. The molecule has 0 spiro atoms. The van der Waals surface area contributed by atoms with E-state index in [0.717, 1.165) is 24.3 Å². The molecule has 1 unspecified atom stereocenters. The Morgan fingerprint density at radius 2 is 2.00 bits per heavy atom. The lowest BCUT2D eigenvalue weighted by atomic mass is 10.1. The molecule has 0 N–H and O–H groups in total. The van der Waals surface area contributed by atoms with Crippen LogP contribution in [0.5, 0.6) is 11.5 Å². The van der Waals surface area contributed by atoms with Crippen LogP contribution in [-0.2, 0) is 6.42 Å². The first-order valence-corrected chi connectivity index (χ1v) is 5.97. The zero-order chi connectivity index (χ0) is 11.3. The molecule has 0 radical (unpaired) electrons. The molecule has 15 heavy (non-hydrogen) atoms. The molecule has 1 atom stereocenters. The maximum atomic E-state index is 5.31. The highest BCUT2D eigenvalue weighted by molar-refractivity contribution is 9.09. The summed E-state index contributed by atoms with van der Waals surface area (Å²) in [4.78, 5) is 0.485. The second-order valence-electron chi connectivity index (χ2n) is 3.39. The van der Waals surface area contributed by atoms with Crippen LogP contribution in [0.2, 0.25) is 0 Å². The quantitative estimate of drug-likeness (QED) is 0.765. The number of methoxy groups -OCH3 is 2. The highest BCUT2D eigenvalue weighted by atomic mass is 79.9. The Balaban J connectivity index is 2.90. The van der Waals surface area contributed by atoms with E-state index in [1.165, 1.54) is 5.56 Å². The van der Waals surface area contributed by atoms with Gasteiger partial charge in [-0.15, -0.1) is 0 Å². The molecule has 84 valence electrons. The van der Waals surface area contributed by atoms with Gasteiger partial charge in [-0.3, -0.25) is 0 Å². The molecule has 0 aliphatic heterocycles. The van der Waals surface area contributed by atoms with Crippen LogP contribution in [0, 0.1) is 0 Å². The molecule has 0 fully saturated rings. The van der Waals surface area contributed by atoms with Crippen molar-refractivity contribution in [2.45, 2.75) is 24.6 Å². The van der Waals surface area contributed by atoms with Crippen molar-refractivity contribution in [2.24, 2.45) is 0 Å². The summed E-state index contributed by atoms with van der Waals surface area (Å²) in [5.41, 5.74) is 1.18. The minimum Gasteiger partial charge on any atom is -0.497 e. The number of alkyl halides is 1. The van der Waals surface area contributed by atoms with Crippen molar-refractivity contribution >= 4 is 15.9 Å². The van der Waals surface area contributed by atoms with E-state index in [0.29, 0.717) is 4.83 Å². The van der Waals surface area contributed by atoms with Crippen molar-refractivity contribution in [3.8, 4) is 11.5 Å². The predicted octanol–water partition coefficient (Wildman–Crippen LogP) is 3.42. The second kappa shape index (κ2) is 6.01. The topological polar surface area (TPSA) is 18.5 Å². The fourth-order valence-corrected chi connectivity index (χ4v) is 1.77. The first-order valence-electron chi connectivity index (χ1n) is 5.06. The molecule has 1 aromatic carbocycles. The van der Waals surface area contributed by atoms with Crippen molar-refractivity contribution in [1.82, 2.24) is 0 Å². The van der Waals surface area contributed by atoms with Crippen molar-refractivity contribution in [3.05, 3.63) is 23.8 Å². The Morgan fingerprint density at radius 3 is 2.53 bits per heavy atom. The lowest BCUT2D eigenvalue weighted by Gasteiger charge is -2.12. The standard InChI is InChI=1S/C12H17BrO2/c1-4-10(13)7-9-8-11(14-2)5-6-12(9)15-3/h5-6,8,10H,4,7H2,1-3H3. The molecule has 0 heterocycles. The maximum Gasteiger partial charge on any atom is 0.122 e. The summed E-state index contributed by atoms with van der Waals surface area (Å²) in [6, 6.07) is 5.89. The van der Waals surface area contributed by atoms with Crippen molar-refractivity contribution in [1.29, 1.82) is 0 Å². The Labute approximate surface area is 99.7 Å². The lowest BCUT2D eigenvalue weighted by Crippen LogP contribution is -2.03. The van der Waals surface area contributed by atoms with E-state index in [2.05, 4.69) is 22.9 Å². The fourth-order valence-electron chi connectivity index (χ4n) is 1.42.